The fourth-order valence-corrected chi connectivity index (χ4v) is 4.37. The van der Waals surface area contributed by atoms with Crippen molar-refractivity contribution in [1.82, 2.24) is 0 Å². The maximum absolute atomic E-state index is 11.9. The van der Waals surface area contributed by atoms with Crippen LogP contribution in [0.5, 0.6) is 0 Å². The van der Waals surface area contributed by atoms with E-state index in [1.807, 2.05) is 60.7 Å². The van der Waals surface area contributed by atoms with E-state index in [2.05, 4.69) is 29.4 Å². The first kappa shape index (κ1) is 15.5. The topological polar surface area (TPSA) is 29.1 Å². The van der Waals surface area contributed by atoms with Gasteiger partial charge < -0.3 is 5.09 Å². The number of rotatable bonds is 5. The number of hydrogen-bond acceptors (Lipinski definition) is 2. The van der Waals surface area contributed by atoms with Crippen LogP contribution in [0, 0.1) is 0 Å². The molecule has 114 valence electrons. The van der Waals surface area contributed by atoms with Crippen molar-refractivity contribution >= 4 is 30.2 Å². The molecule has 0 saturated carbocycles. The van der Waals surface area contributed by atoms with Crippen molar-refractivity contribution in [3.05, 3.63) is 90.5 Å². The first-order valence-corrected chi connectivity index (χ1v) is 8.87. The maximum atomic E-state index is 11.9. The van der Waals surface area contributed by atoms with Crippen LogP contribution in [0.25, 0.3) is 0 Å². The number of carbonyl (C=O) groups excluding carboxylic acids is 1. The van der Waals surface area contributed by atoms with Crippen molar-refractivity contribution < 1.29 is 4.79 Å². The lowest BCUT2D eigenvalue weighted by Gasteiger charge is -2.22. The third-order valence-corrected chi connectivity index (χ3v) is 5.66. The molecule has 3 heteroatoms. The summed E-state index contributed by atoms with van der Waals surface area (Å²) in [5, 5.41) is 6.06. The Labute approximate surface area is 138 Å². The third-order valence-electron chi connectivity index (χ3n) is 3.57. The Morgan fingerprint density at radius 1 is 0.739 bits per heavy atom. The fraction of sp³-hybridized carbons (Fsp3) is 0.0500. The van der Waals surface area contributed by atoms with Crippen LogP contribution in [-0.4, -0.2) is 5.78 Å². The van der Waals surface area contributed by atoms with E-state index in [-0.39, 0.29) is 5.78 Å². The van der Waals surface area contributed by atoms with Crippen LogP contribution >= 0.6 is 8.07 Å². The van der Waals surface area contributed by atoms with Gasteiger partial charge in [-0.1, -0.05) is 72.8 Å². The molecular weight excluding hydrogens is 301 g/mol. The van der Waals surface area contributed by atoms with Crippen molar-refractivity contribution in [1.29, 1.82) is 0 Å². The minimum absolute atomic E-state index is 0.0733. The van der Waals surface area contributed by atoms with Gasteiger partial charge in [0.05, 0.1) is 8.07 Å². The lowest BCUT2D eigenvalue weighted by molar-refractivity contribution is 0.101. The fourth-order valence-electron chi connectivity index (χ4n) is 2.44. The number of ketones is 1. The molecule has 3 rings (SSSR count). The second kappa shape index (κ2) is 7.21. The first-order chi connectivity index (χ1) is 11.3. The average Bonchev–Trinajstić information content (AvgIpc) is 2.61. The summed E-state index contributed by atoms with van der Waals surface area (Å²) in [6.45, 7) is 1.60. The van der Waals surface area contributed by atoms with E-state index < -0.39 is 8.07 Å². The molecule has 0 unspecified atom stereocenters. The van der Waals surface area contributed by atoms with Gasteiger partial charge in [0.15, 0.2) is 5.78 Å². The van der Waals surface area contributed by atoms with E-state index in [4.69, 9.17) is 0 Å². The van der Waals surface area contributed by atoms with Crippen LogP contribution in [0.15, 0.2) is 84.9 Å². The zero-order chi connectivity index (χ0) is 16.1. The molecule has 0 aliphatic rings. The van der Waals surface area contributed by atoms with Crippen molar-refractivity contribution in [2.75, 3.05) is 5.09 Å². The van der Waals surface area contributed by atoms with Crippen LogP contribution in [0.4, 0.5) is 5.69 Å². The van der Waals surface area contributed by atoms with E-state index >= 15 is 0 Å². The van der Waals surface area contributed by atoms with Crippen molar-refractivity contribution in [2.45, 2.75) is 6.92 Å². The molecule has 0 radical (unpaired) electrons. The molecule has 0 spiro atoms. The lowest BCUT2D eigenvalue weighted by atomic mass is 10.1. The van der Waals surface area contributed by atoms with Crippen LogP contribution < -0.4 is 15.7 Å². The largest absolute Gasteiger partial charge is 0.356 e. The number of Topliss-reactive ketones (excluding diaryl/α,β-unsaturated/α-hetero) is 1. The predicted octanol–water partition coefficient (Wildman–Crippen LogP) is 4.35. The number of anilines is 1. The van der Waals surface area contributed by atoms with Crippen molar-refractivity contribution in [3.8, 4) is 0 Å². The zero-order valence-electron chi connectivity index (χ0n) is 12.9. The highest BCUT2D eigenvalue weighted by Gasteiger charge is 2.16. The van der Waals surface area contributed by atoms with Crippen LogP contribution in [0.3, 0.4) is 0 Å². The smallest absolute Gasteiger partial charge is 0.161 e. The van der Waals surface area contributed by atoms with E-state index in [0.29, 0.717) is 0 Å². The molecule has 23 heavy (non-hydrogen) atoms. The van der Waals surface area contributed by atoms with Gasteiger partial charge in [0.2, 0.25) is 0 Å². The zero-order valence-corrected chi connectivity index (χ0v) is 13.8. The molecule has 2 nitrogen and oxygen atoms in total. The summed E-state index contributed by atoms with van der Waals surface area (Å²) in [5.41, 5.74) is 1.62. The molecular formula is C20H18NOP. The summed E-state index contributed by atoms with van der Waals surface area (Å²) in [5.74, 6) is 0.0733. The number of nitrogens with one attached hydrogen (secondary N) is 1. The van der Waals surface area contributed by atoms with Gasteiger partial charge in [-0.05, 0) is 19.1 Å². The monoisotopic (exact) mass is 319 g/mol. The predicted molar refractivity (Wildman–Crippen MR) is 99.1 cm³/mol. The second-order valence-electron chi connectivity index (χ2n) is 5.22. The molecule has 3 aromatic carbocycles. The standard InChI is InChI=1S/C20H18NOP/c1-16(22)19-14-8-9-15-20(19)21-23(17-10-4-2-5-11-17)18-12-6-3-7-13-18/h2-15,21H,1H3. The molecule has 0 aliphatic carbocycles. The highest BCUT2D eigenvalue weighted by atomic mass is 31.1. The maximum Gasteiger partial charge on any atom is 0.161 e. The number of para-hydroxylation sites is 1. The molecule has 0 amide bonds. The Morgan fingerprint density at radius 3 is 1.74 bits per heavy atom. The minimum Gasteiger partial charge on any atom is -0.356 e. The van der Waals surface area contributed by atoms with Gasteiger partial charge in [-0.25, -0.2) is 0 Å². The Bertz CT molecular complexity index is 748. The molecule has 0 aromatic heterocycles. The molecule has 3 aromatic rings. The molecule has 0 aliphatic heterocycles. The highest BCUT2D eigenvalue weighted by Crippen LogP contribution is 2.35. The molecule has 0 fully saturated rings. The summed E-state index contributed by atoms with van der Waals surface area (Å²) in [6, 6.07) is 28.4. The summed E-state index contributed by atoms with van der Waals surface area (Å²) in [7, 11) is -0.770. The number of carbonyl (C=O) groups is 1. The molecule has 0 saturated heterocycles. The van der Waals surface area contributed by atoms with Crippen LogP contribution in [0.2, 0.25) is 0 Å². The average molecular weight is 319 g/mol. The van der Waals surface area contributed by atoms with Crippen LogP contribution in [0.1, 0.15) is 17.3 Å². The second-order valence-corrected chi connectivity index (χ2v) is 7.15. The lowest BCUT2D eigenvalue weighted by Crippen LogP contribution is -2.17. The van der Waals surface area contributed by atoms with Gasteiger partial charge in [-0.3, -0.25) is 4.79 Å². The first-order valence-electron chi connectivity index (χ1n) is 7.52. The normalized spacial score (nSPS) is 10.5. The van der Waals surface area contributed by atoms with Gasteiger partial charge in [0.1, 0.15) is 0 Å². The molecule has 0 heterocycles. The Morgan fingerprint density at radius 2 is 1.22 bits per heavy atom. The van der Waals surface area contributed by atoms with Crippen LogP contribution in [-0.2, 0) is 0 Å². The summed E-state index contributed by atoms with van der Waals surface area (Å²) >= 11 is 0. The minimum atomic E-state index is -0.770. The van der Waals surface area contributed by atoms with Gasteiger partial charge in [-0.2, -0.15) is 0 Å². The van der Waals surface area contributed by atoms with Gasteiger partial charge >= 0.3 is 0 Å². The Balaban J connectivity index is 2.02. The van der Waals surface area contributed by atoms with E-state index in [0.717, 1.165) is 11.3 Å². The van der Waals surface area contributed by atoms with Gasteiger partial charge in [0, 0.05) is 21.9 Å². The Kier molecular flexibility index (Phi) is 4.85. The summed E-state index contributed by atoms with van der Waals surface area (Å²) in [6.07, 6.45) is 0. The quantitative estimate of drug-likeness (QED) is 0.559. The number of benzene rings is 3. The highest BCUT2D eigenvalue weighted by molar-refractivity contribution is 7.74. The Hall–Kier alpha value is -2.44. The summed E-state index contributed by atoms with van der Waals surface area (Å²) < 4.78 is 0. The SMILES string of the molecule is CC(=O)c1ccccc1NP(c1ccccc1)c1ccccc1. The molecule has 0 atom stereocenters. The molecule has 1 N–H and O–H groups in total. The van der Waals surface area contributed by atoms with Gasteiger partial charge in [0.25, 0.3) is 0 Å². The van der Waals surface area contributed by atoms with Crippen molar-refractivity contribution in [3.63, 3.8) is 0 Å². The van der Waals surface area contributed by atoms with E-state index in [1.54, 1.807) is 6.92 Å². The van der Waals surface area contributed by atoms with E-state index in [1.165, 1.54) is 10.6 Å². The van der Waals surface area contributed by atoms with Gasteiger partial charge in [-0.15, -0.1) is 0 Å². The number of hydrogen-bond donors (Lipinski definition) is 1. The molecule has 0 bridgehead atoms. The van der Waals surface area contributed by atoms with Crippen molar-refractivity contribution in [2.24, 2.45) is 0 Å². The van der Waals surface area contributed by atoms with E-state index in [9.17, 15) is 4.79 Å². The third kappa shape index (κ3) is 3.67. The summed E-state index contributed by atoms with van der Waals surface area (Å²) in [4.78, 5) is 11.9.